The first kappa shape index (κ1) is 9.93. The lowest BCUT2D eigenvalue weighted by atomic mass is 10.2. The summed E-state index contributed by atoms with van der Waals surface area (Å²) in [5.41, 5.74) is 1.11. The van der Waals surface area contributed by atoms with Gasteiger partial charge in [-0.1, -0.05) is 0 Å². The van der Waals surface area contributed by atoms with Gasteiger partial charge < -0.3 is 9.64 Å². The van der Waals surface area contributed by atoms with Crippen molar-refractivity contribution >= 4 is 16.5 Å². The lowest BCUT2D eigenvalue weighted by molar-refractivity contribution is -0.00523. The zero-order valence-corrected chi connectivity index (χ0v) is 9.67. The Hall–Kier alpha value is -0.610. The molecule has 3 nitrogen and oxygen atoms in total. The molecular weight excluding hydrogens is 196 g/mol. The Morgan fingerprint density at radius 1 is 1.43 bits per heavy atom. The van der Waals surface area contributed by atoms with Gasteiger partial charge in [-0.15, -0.1) is 11.3 Å². The van der Waals surface area contributed by atoms with Crippen LogP contribution in [0.2, 0.25) is 0 Å². The molecule has 0 radical (unpaired) electrons. The van der Waals surface area contributed by atoms with E-state index in [-0.39, 0.29) is 0 Å². The maximum atomic E-state index is 5.68. The molecule has 1 aromatic rings. The summed E-state index contributed by atoms with van der Waals surface area (Å²) in [4.78, 5) is 6.81. The van der Waals surface area contributed by atoms with Crippen LogP contribution >= 0.6 is 11.3 Å². The molecule has 1 fully saturated rings. The van der Waals surface area contributed by atoms with E-state index in [1.54, 1.807) is 11.3 Å². The number of ether oxygens (including phenoxy) is 1. The van der Waals surface area contributed by atoms with Gasteiger partial charge in [0.05, 0.1) is 17.9 Å². The summed E-state index contributed by atoms with van der Waals surface area (Å²) >= 11 is 1.72. The van der Waals surface area contributed by atoms with Gasteiger partial charge in [0.1, 0.15) is 0 Å². The van der Waals surface area contributed by atoms with Gasteiger partial charge in [0.25, 0.3) is 0 Å². The average Bonchev–Trinajstić information content (AvgIpc) is 2.50. The van der Waals surface area contributed by atoms with Crippen molar-refractivity contribution < 1.29 is 4.74 Å². The minimum absolute atomic E-state index is 0.308. The number of rotatable bonds is 1. The summed E-state index contributed by atoms with van der Waals surface area (Å²) in [5.74, 6) is 0. The van der Waals surface area contributed by atoms with E-state index < -0.39 is 0 Å². The summed E-state index contributed by atoms with van der Waals surface area (Å²) in [7, 11) is 0. The molecule has 1 aromatic heterocycles. The third kappa shape index (κ3) is 2.07. The molecule has 0 aromatic carbocycles. The van der Waals surface area contributed by atoms with Crippen LogP contribution < -0.4 is 4.90 Å². The highest BCUT2D eigenvalue weighted by Gasteiger charge is 2.23. The van der Waals surface area contributed by atoms with Crippen LogP contribution in [-0.4, -0.2) is 30.3 Å². The molecule has 0 bridgehead atoms. The lowest BCUT2D eigenvalue weighted by Crippen LogP contribution is -2.45. The molecule has 1 aliphatic rings. The average molecular weight is 212 g/mol. The summed E-state index contributed by atoms with van der Waals surface area (Å²) in [6.07, 6.45) is 0.617. The first-order valence-corrected chi connectivity index (χ1v) is 5.85. The standard InChI is InChI=1S/C10H16N2OS/c1-7-6-14-10(11-7)12-4-8(2)13-9(3)5-12/h6,8-9H,4-5H2,1-3H3. The summed E-state index contributed by atoms with van der Waals surface area (Å²) in [6, 6.07) is 0. The number of nitrogens with zero attached hydrogens (tertiary/aromatic N) is 2. The van der Waals surface area contributed by atoms with Gasteiger partial charge in [-0.05, 0) is 20.8 Å². The summed E-state index contributed by atoms with van der Waals surface area (Å²) in [5, 5.41) is 3.23. The molecular formula is C10H16N2OS. The second-order valence-electron chi connectivity index (χ2n) is 3.93. The topological polar surface area (TPSA) is 25.4 Å². The van der Waals surface area contributed by atoms with E-state index in [1.165, 1.54) is 0 Å². The van der Waals surface area contributed by atoms with Crippen molar-refractivity contribution in [3.05, 3.63) is 11.1 Å². The maximum absolute atomic E-state index is 5.68. The molecule has 4 heteroatoms. The van der Waals surface area contributed by atoms with Gasteiger partial charge in [-0.3, -0.25) is 0 Å². The van der Waals surface area contributed by atoms with Crippen molar-refractivity contribution in [1.29, 1.82) is 0 Å². The highest BCUT2D eigenvalue weighted by molar-refractivity contribution is 7.13. The molecule has 2 unspecified atom stereocenters. The molecule has 1 aliphatic heterocycles. The SMILES string of the molecule is Cc1csc(N2CC(C)OC(C)C2)n1. The van der Waals surface area contributed by atoms with E-state index in [1.807, 2.05) is 6.92 Å². The molecule has 0 spiro atoms. The van der Waals surface area contributed by atoms with Gasteiger partial charge in [0.15, 0.2) is 5.13 Å². The highest BCUT2D eigenvalue weighted by Crippen LogP contribution is 2.23. The number of anilines is 1. The second kappa shape index (κ2) is 3.87. The largest absolute Gasteiger partial charge is 0.372 e. The van der Waals surface area contributed by atoms with E-state index in [0.29, 0.717) is 12.2 Å². The maximum Gasteiger partial charge on any atom is 0.185 e. The predicted molar refractivity (Wildman–Crippen MR) is 59.1 cm³/mol. The van der Waals surface area contributed by atoms with E-state index in [0.717, 1.165) is 23.9 Å². The van der Waals surface area contributed by atoms with Crippen LogP contribution in [0.1, 0.15) is 19.5 Å². The fraction of sp³-hybridized carbons (Fsp3) is 0.700. The number of hydrogen-bond acceptors (Lipinski definition) is 4. The molecule has 1 saturated heterocycles. The predicted octanol–water partition coefficient (Wildman–Crippen LogP) is 2.07. The Morgan fingerprint density at radius 3 is 2.57 bits per heavy atom. The summed E-state index contributed by atoms with van der Waals surface area (Å²) in [6.45, 7) is 8.17. The quantitative estimate of drug-likeness (QED) is 0.712. The van der Waals surface area contributed by atoms with Gasteiger partial charge in [-0.2, -0.15) is 0 Å². The first-order valence-electron chi connectivity index (χ1n) is 4.97. The molecule has 2 heterocycles. The van der Waals surface area contributed by atoms with Gasteiger partial charge >= 0.3 is 0 Å². The smallest absolute Gasteiger partial charge is 0.185 e. The van der Waals surface area contributed by atoms with E-state index >= 15 is 0 Å². The number of hydrogen-bond donors (Lipinski definition) is 0. The monoisotopic (exact) mass is 212 g/mol. The van der Waals surface area contributed by atoms with Crippen LogP contribution in [0.3, 0.4) is 0 Å². The Kier molecular flexibility index (Phi) is 2.74. The number of morpholine rings is 1. The van der Waals surface area contributed by atoms with E-state index in [2.05, 4.69) is 29.1 Å². The minimum atomic E-state index is 0.308. The van der Waals surface area contributed by atoms with Crippen molar-refractivity contribution in [2.45, 2.75) is 33.0 Å². The Morgan fingerprint density at radius 2 is 2.07 bits per heavy atom. The van der Waals surface area contributed by atoms with Crippen molar-refractivity contribution in [1.82, 2.24) is 4.98 Å². The second-order valence-corrected chi connectivity index (χ2v) is 4.77. The van der Waals surface area contributed by atoms with Crippen molar-refractivity contribution in [2.75, 3.05) is 18.0 Å². The van der Waals surface area contributed by atoms with Crippen LogP contribution in [-0.2, 0) is 4.74 Å². The van der Waals surface area contributed by atoms with Gasteiger partial charge in [-0.25, -0.2) is 4.98 Å². The molecule has 0 aliphatic carbocycles. The first-order chi connectivity index (χ1) is 6.65. The zero-order chi connectivity index (χ0) is 10.1. The van der Waals surface area contributed by atoms with Gasteiger partial charge in [0, 0.05) is 18.5 Å². The zero-order valence-electron chi connectivity index (χ0n) is 8.86. The molecule has 0 saturated carbocycles. The summed E-state index contributed by atoms with van der Waals surface area (Å²) < 4.78 is 5.68. The Bertz CT molecular complexity index is 303. The number of aryl methyl sites for hydroxylation is 1. The fourth-order valence-corrected chi connectivity index (χ4v) is 2.64. The van der Waals surface area contributed by atoms with E-state index in [9.17, 15) is 0 Å². The van der Waals surface area contributed by atoms with Crippen LogP contribution in [0.4, 0.5) is 5.13 Å². The Balaban J connectivity index is 2.10. The Labute approximate surface area is 88.7 Å². The molecule has 14 heavy (non-hydrogen) atoms. The van der Waals surface area contributed by atoms with Crippen molar-refractivity contribution in [2.24, 2.45) is 0 Å². The van der Waals surface area contributed by atoms with Crippen LogP contribution in [0, 0.1) is 6.92 Å². The van der Waals surface area contributed by atoms with Gasteiger partial charge in [0.2, 0.25) is 0 Å². The fourth-order valence-electron chi connectivity index (χ4n) is 1.82. The molecule has 78 valence electrons. The molecule has 2 rings (SSSR count). The van der Waals surface area contributed by atoms with E-state index in [4.69, 9.17) is 4.74 Å². The molecule has 0 amide bonds. The van der Waals surface area contributed by atoms with Crippen LogP contribution in [0.15, 0.2) is 5.38 Å². The normalized spacial score (nSPS) is 28.1. The molecule has 0 N–H and O–H groups in total. The number of aromatic nitrogens is 1. The number of thiazole rings is 1. The highest BCUT2D eigenvalue weighted by atomic mass is 32.1. The van der Waals surface area contributed by atoms with Crippen LogP contribution in [0.5, 0.6) is 0 Å². The van der Waals surface area contributed by atoms with Crippen molar-refractivity contribution in [3.8, 4) is 0 Å². The lowest BCUT2D eigenvalue weighted by Gasteiger charge is -2.35. The third-order valence-corrected chi connectivity index (χ3v) is 3.32. The molecule has 2 atom stereocenters. The van der Waals surface area contributed by atoms with Crippen molar-refractivity contribution in [3.63, 3.8) is 0 Å². The van der Waals surface area contributed by atoms with Crippen LogP contribution in [0.25, 0.3) is 0 Å². The minimum Gasteiger partial charge on any atom is -0.372 e. The third-order valence-electron chi connectivity index (χ3n) is 2.30.